The quantitative estimate of drug-likeness (QED) is 0.512. The van der Waals surface area contributed by atoms with Crippen molar-refractivity contribution in [2.75, 3.05) is 0 Å². The molecular weight excluding hydrogens is 327 g/mol. The number of fused-ring (bicyclic) bond motifs is 3. The lowest BCUT2D eigenvalue weighted by molar-refractivity contribution is 0.628. The third-order valence-corrected chi connectivity index (χ3v) is 4.52. The van der Waals surface area contributed by atoms with Crippen LogP contribution in [0.3, 0.4) is 0 Å². The number of aromatic amines is 1. The minimum absolute atomic E-state index is 0.260. The highest BCUT2D eigenvalue weighted by molar-refractivity contribution is 6.05. The summed E-state index contributed by atoms with van der Waals surface area (Å²) in [5, 5.41) is 7.20. The van der Waals surface area contributed by atoms with Crippen LogP contribution < -0.4 is 0 Å². The summed E-state index contributed by atoms with van der Waals surface area (Å²) in [6, 6.07) is 14.3. The third kappa shape index (κ3) is 2.25. The maximum atomic E-state index is 13.2. The molecule has 1 aromatic carbocycles. The second-order valence-corrected chi connectivity index (χ2v) is 6.06. The molecule has 0 aliphatic heterocycles. The van der Waals surface area contributed by atoms with Crippen LogP contribution in [0.5, 0.6) is 0 Å². The van der Waals surface area contributed by atoms with Crippen LogP contribution in [-0.4, -0.2) is 20.2 Å². The van der Waals surface area contributed by atoms with Crippen molar-refractivity contribution < 1.29 is 4.39 Å². The number of hydrogen-bond acceptors (Lipinski definition) is 3. The zero-order valence-corrected chi connectivity index (χ0v) is 13.6. The van der Waals surface area contributed by atoms with E-state index in [4.69, 9.17) is 0 Å². The first-order valence-corrected chi connectivity index (χ1v) is 8.23. The Morgan fingerprint density at radius 1 is 0.846 bits per heavy atom. The minimum atomic E-state index is -0.260. The van der Waals surface area contributed by atoms with Gasteiger partial charge in [0.1, 0.15) is 5.82 Å². The van der Waals surface area contributed by atoms with Gasteiger partial charge in [0.05, 0.1) is 23.3 Å². The van der Waals surface area contributed by atoms with Gasteiger partial charge >= 0.3 is 0 Å². The maximum Gasteiger partial charge on any atom is 0.123 e. The van der Waals surface area contributed by atoms with Gasteiger partial charge < -0.3 is 0 Å². The smallest absolute Gasteiger partial charge is 0.123 e. The number of aromatic nitrogens is 4. The highest BCUT2D eigenvalue weighted by Gasteiger charge is 2.25. The molecule has 0 atom stereocenters. The molecule has 0 spiro atoms. The van der Waals surface area contributed by atoms with E-state index in [1.165, 1.54) is 12.1 Å². The Hall–Kier alpha value is -3.60. The highest BCUT2D eigenvalue weighted by Crippen LogP contribution is 2.42. The minimum Gasteiger partial charge on any atom is -0.277 e. The Morgan fingerprint density at radius 3 is 2.15 bits per heavy atom. The van der Waals surface area contributed by atoms with Crippen LogP contribution in [0.2, 0.25) is 0 Å². The number of nitrogens with zero attached hydrogens (tertiary/aromatic N) is 3. The lowest BCUT2D eigenvalue weighted by Gasteiger charge is -2.04. The summed E-state index contributed by atoms with van der Waals surface area (Å²) in [5.41, 5.74) is 7.59. The van der Waals surface area contributed by atoms with Gasteiger partial charge in [0.25, 0.3) is 0 Å². The number of H-pyrrole nitrogens is 1. The molecule has 1 aliphatic carbocycles. The van der Waals surface area contributed by atoms with E-state index in [2.05, 4.69) is 26.2 Å². The third-order valence-electron chi connectivity index (χ3n) is 4.52. The van der Waals surface area contributed by atoms with Gasteiger partial charge in [-0.1, -0.05) is 12.1 Å². The molecule has 1 aliphatic rings. The first-order valence-electron chi connectivity index (χ1n) is 8.23. The fraction of sp³-hybridized carbons (Fsp3) is 0. The van der Waals surface area contributed by atoms with Crippen LogP contribution in [-0.2, 0) is 0 Å². The molecule has 3 aromatic heterocycles. The van der Waals surface area contributed by atoms with E-state index in [0.29, 0.717) is 0 Å². The van der Waals surface area contributed by atoms with Gasteiger partial charge in [0.15, 0.2) is 0 Å². The molecule has 0 amide bonds. The Labute approximate surface area is 149 Å². The van der Waals surface area contributed by atoms with Crippen LogP contribution in [0.25, 0.3) is 34.3 Å². The molecule has 4 nitrogen and oxygen atoms in total. The summed E-state index contributed by atoms with van der Waals surface area (Å²) >= 11 is 0. The summed E-state index contributed by atoms with van der Waals surface area (Å²) in [4.78, 5) is 9.00. The molecular formula is C21H13FN4. The number of halogens is 1. The summed E-state index contributed by atoms with van der Waals surface area (Å²) in [5.74, 6) is -0.260. The van der Waals surface area contributed by atoms with Crippen molar-refractivity contribution in [1.82, 2.24) is 20.2 Å². The van der Waals surface area contributed by atoms with Crippen molar-refractivity contribution in [1.29, 1.82) is 0 Å². The summed E-state index contributed by atoms with van der Waals surface area (Å²) in [6.45, 7) is 0. The lowest BCUT2D eigenvalue weighted by Crippen LogP contribution is -1.85. The van der Waals surface area contributed by atoms with Gasteiger partial charge in [-0.2, -0.15) is 5.10 Å². The predicted molar refractivity (Wildman–Crippen MR) is 98.4 cm³/mol. The molecule has 0 fully saturated rings. The molecule has 0 unspecified atom stereocenters. The molecule has 0 saturated heterocycles. The molecule has 1 N–H and O–H groups in total. The van der Waals surface area contributed by atoms with Crippen LogP contribution in [0.1, 0.15) is 16.7 Å². The van der Waals surface area contributed by atoms with Gasteiger partial charge in [-0.25, -0.2) is 4.39 Å². The topological polar surface area (TPSA) is 54.5 Å². The first-order chi connectivity index (χ1) is 12.8. The summed E-state index contributed by atoms with van der Waals surface area (Å²) in [6.07, 6.45) is 7.41. The summed E-state index contributed by atoms with van der Waals surface area (Å²) < 4.78 is 13.2. The van der Waals surface area contributed by atoms with Crippen LogP contribution >= 0.6 is 0 Å². The molecule has 0 radical (unpaired) electrons. The Balaban J connectivity index is 1.69. The molecule has 26 heavy (non-hydrogen) atoms. The molecule has 5 heteroatoms. The Bertz CT molecular complexity index is 1100. The van der Waals surface area contributed by atoms with Crippen molar-refractivity contribution in [3.8, 4) is 22.6 Å². The van der Waals surface area contributed by atoms with E-state index < -0.39 is 0 Å². The van der Waals surface area contributed by atoms with Crippen molar-refractivity contribution in [3.63, 3.8) is 0 Å². The molecule has 0 bridgehead atoms. The van der Waals surface area contributed by atoms with Gasteiger partial charge in [0.2, 0.25) is 0 Å². The average Bonchev–Trinajstić information content (AvgIpc) is 3.27. The second kappa shape index (κ2) is 5.74. The normalized spacial score (nSPS) is 12.0. The SMILES string of the molecule is Fc1ccc(-c2[nH]ncc2C=C2c3cccnc3-c3ncccc32)cc1. The maximum absolute atomic E-state index is 13.2. The van der Waals surface area contributed by atoms with E-state index in [1.54, 1.807) is 30.7 Å². The number of hydrogen-bond donors (Lipinski definition) is 1. The molecule has 4 aromatic rings. The molecule has 5 rings (SSSR count). The zero-order chi connectivity index (χ0) is 17.5. The number of nitrogens with one attached hydrogen (secondary N) is 1. The Morgan fingerprint density at radius 2 is 1.50 bits per heavy atom. The van der Waals surface area contributed by atoms with Gasteiger partial charge in [0, 0.05) is 34.6 Å². The standard InChI is InChI=1S/C21H13FN4/c22-15-7-5-13(6-8-15)19-14(12-25-26-19)11-18-16-3-1-9-23-20(16)21-17(18)4-2-10-24-21/h1-12H,(H,25,26). The van der Waals surface area contributed by atoms with Crippen molar-refractivity contribution in [2.45, 2.75) is 0 Å². The van der Waals surface area contributed by atoms with Gasteiger partial charge in [-0.15, -0.1) is 0 Å². The van der Waals surface area contributed by atoms with Crippen LogP contribution in [0.15, 0.2) is 67.1 Å². The largest absolute Gasteiger partial charge is 0.277 e. The number of benzene rings is 1. The molecule has 3 heterocycles. The van der Waals surface area contributed by atoms with Gasteiger partial charge in [-0.3, -0.25) is 15.1 Å². The highest BCUT2D eigenvalue weighted by atomic mass is 19.1. The van der Waals surface area contributed by atoms with E-state index in [1.807, 2.05) is 24.3 Å². The van der Waals surface area contributed by atoms with Gasteiger partial charge in [-0.05, 0) is 48.0 Å². The van der Waals surface area contributed by atoms with Crippen molar-refractivity contribution in [3.05, 3.63) is 89.6 Å². The van der Waals surface area contributed by atoms with Crippen molar-refractivity contribution in [2.24, 2.45) is 0 Å². The van der Waals surface area contributed by atoms with Crippen molar-refractivity contribution >= 4 is 11.6 Å². The second-order valence-electron chi connectivity index (χ2n) is 6.06. The monoisotopic (exact) mass is 340 g/mol. The van der Waals surface area contributed by atoms with Crippen LogP contribution in [0, 0.1) is 5.82 Å². The number of pyridine rings is 2. The fourth-order valence-electron chi connectivity index (χ4n) is 3.33. The molecule has 0 saturated carbocycles. The lowest BCUT2D eigenvalue weighted by atomic mass is 10.0. The van der Waals surface area contributed by atoms with E-state index >= 15 is 0 Å². The van der Waals surface area contributed by atoms with Crippen LogP contribution in [0.4, 0.5) is 4.39 Å². The average molecular weight is 340 g/mol. The number of rotatable bonds is 2. The van der Waals surface area contributed by atoms with E-state index in [0.717, 1.165) is 44.9 Å². The molecule has 124 valence electrons. The fourth-order valence-corrected chi connectivity index (χ4v) is 3.33. The Kier molecular flexibility index (Phi) is 3.25. The van der Waals surface area contributed by atoms with E-state index in [-0.39, 0.29) is 5.82 Å². The van der Waals surface area contributed by atoms with E-state index in [9.17, 15) is 4.39 Å². The zero-order valence-electron chi connectivity index (χ0n) is 13.6. The summed E-state index contributed by atoms with van der Waals surface area (Å²) in [7, 11) is 0. The predicted octanol–water partition coefficient (Wildman–Crippen LogP) is 4.58. The first kappa shape index (κ1) is 14.7.